The quantitative estimate of drug-likeness (QED) is 0.872. The zero-order valence-corrected chi connectivity index (χ0v) is 11.2. The second-order valence-corrected chi connectivity index (χ2v) is 4.89. The van der Waals surface area contributed by atoms with E-state index in [-0.39, 0.29) is 11.6 Å². The molecule has 2 aromatic rings. The first kappa shape index (κ1) is 12.7. The summed E-state index contributed by atoms with van der Waals surface area (Å²) in [6.07, 6.45) is 3.82. The van der Waals surface area contributed by atoms with Crippen molar-refractivity contribution in [3.05, 3.63) is 52.8 Å². The van der Waals surface area contributed by atoms with Crippen molar-refractivity contribution in [3.8, 4) is 5.75 Å². The fourth-order valence-corrected chi connectivity index (χ4v) is 2.61. The van der Waals surface area contributed by atoms with Crippen LogP contribution in [-0.4, -0.2) is 23.7 Å². The van der Waals surface area contributed by atoms with Gasteiger partial charge < -0.3 is 9.72 Å². The van der Waals surface area contributed by atoms with Crippen LogP contribution in [0.1, 0.15) is 44.8 Å². The van der Waals surface area contributed by atoms with Gasteiger partial charge in [-0.2, -0.15) is 0 Å². The lowest BCUT2D eigenvalue weighted by Gasteiger charge is -2.11. The van der Waals surface area contributed by atoms with Crippen molar-refractivity contribution in [3.63, 3.8) is 0 Å². The highest BCUT2D eigenvalue weighted by Gasteiger charge is 2.25. The first-order valence-electron chi connectivity index (χ1n) is 6.63. The van der Waals surface area contributed by atoms with Gasteiger partial charge in [0.2, 0.25) is 5.78 Å². The molecular weight excluding hydrogens is 254 g/mol. The van der Waals surface area contributed by atoms with Gasteiger partial charge in [0.25, 0.3) is 0 Å². The predicted molar refractivity (Wildman–Crippen MR) is 74.5 cm³/mol. The minimum atomic E-state index is -0.0800. The molecule has 0 bridgehead atoms. The summed E-state index contributed by atoms with van der Waals surface area (Å²) in [5, 5.41) is 0. The number of rotatable bonds is 3. The van der Waals surface area contributed by atoms with Crippen LogP contribution in [0.4, 0.5) is 0 Å². The van der Waals surface area contributed by atoms with E-state index in [4.69, 9.17) is 4.74 Å². The molecule has 20 heavy (non-hydrogen) atoms. The van der Waals surface area contributed by atoms with Gasteiger partial charge in [-0.3, -0.25) is 9.59 Å². The summed E-state index contributed by atoms with van der Waals surface area (Å²) in [6.45, 7) is 0. The molecule has 0 saturated heterocycles. The van der Waals surface area contributed by atoms with Crippen molar-refractivity contribution in [2.45, 2.75) is 19.3 Å². The van der Waals surface area contributed by atoms with Crippen LogP contribution in [0, 0.1) is 0 Å². The van der Waals surface area contributed by atoms with Crippen molar-refractivity contribution >= 4 is 11.6 Å². The molecule has 0 fully saturated rings. The lowest BCUT2D eigenvalue weighted by atomic mass is 9.91. The van der Waals surface area contributed by atoms with Gasteiger partial charge in [0.1, 0.15) is 5.75 Å². The largest absolute Gasteiger partial charge is 0.497 e. The summed E-state index contributed by atoms with van der Waals surface area (Å²) in [4.78, 5) is 27.3. The molecule has 1 aliphatic rings. The lowest BCUT2D eigenvalue weighted by molar-refractivity contribution is 0.0973. The molecule has 3 rings (SSSR count). The molecular formula is C16H15NO3. The van der Waals surface area contributed by atoms with Crippen molar-refractivity contribution in [1.82, 2.24) is 4.98 Å². The number of benzene rings is 1. The number of ether oxygens (including phenoxy) is 1. The zero-order valence-electron chi connectivity index (χ0n) is 11.2. The van der Waals surface area contributed by atoms with Crippen LogP contribution in [0.3, 0.4) is 0 Å². The maximum atomic E-state index is 12.5. The molecule has 1 aromatic carbocycles. The smallest absolute Gasteiger partial charge is 0.209 e. The Morgan fingerprint density at radius 3 is 2.65 bits per heavy atom. The van der Waals surface area contributed by atoms with E-state index in [2.05, 4.69) is 4.98 Å². The summed E-state index contributed by atoms with van der Waals surface area (Å²) in [7, 11) is 1.59. The number of hydrogen-bond donors (Lipinski definition) is 1. The summed E-state index contributed by atoms with van der Waals surface area (Å²) in [5.41, 5.74) is 2.67. The van der Waals surface area contributed by atoms with Crippen LogP contribution >= 0.6 is 0 Å². The SMILES string of the molecule is COc1ccc(C(=O)c2[nH]cc3c2CCCC3=O)cc1. The van der Waals surface area contributed by atoms with Crippen LogP contribution in [0.15, 0.2) is 30.5 Å². The van der Waals surface area contributed by atoms with Gasteiger partial charge in [0.05, 0.1) is 12.8 Å². The van der Waals surface area contributed by atoms with E-state index in [0.717, 1.165) is 18.4 Å². The van der Waals surface area contributed by atoms with E-state index in [1.807, 2.05) is 0 Å². The number of ketones is 2. The van der Waals surface area contributed by atoms with Crippen LogP contribution in [0.25, 0.3) is 0 Å². The number of hydrogen-bond acceptors (Lipinski definition) is 3. The van der Waals surface area contributed by atoms with Gasteiger partial charge in [-0.15, -0.1) is 0 Å². The summed E-state index contributed by atoms with van der Waals surface area (Å²) in [6, 6.07) is 6.99. The standard InChI is InChI=1S/C16H15NO3/c1-20-11-7-5-10(6-8-11)16(19)15-12-3-2-4-14(18)13(12)9-17-15/h5-9,17H,2-4H2,1H3. The topological polar surface area (TPSA) is 59.2 Å². The lowest BCUT2D eigenvalue weighted by Crippen LogP contribution is -2.12. The Hall–Kier alpha value is -2.36. The number of aromatic amines is 1. The molecule has 0 unspecified atom stereocenters. The highest BCUT2D eigenvalue weighted by atomic mass is 16.5. The van der Waals surface area contributed by atoms with Gasteiger partial charge in [0.15, 0.2) is 5.78 Å². The molecule has 1 heterocycles. The Labute approximate surface area is 116 Å². The van der Waals surface area contributed by atoms with E-state index in [1.165, 1.54) is 0 Å². The Morgan fingerprint density at radius 1 is 1.20 bits per heavy atom. The van der Waals surface area contributed by atoms with Crippen LogP contribution in [-0.2, 0) is 6.42 Å². The Bertz CT molecular complexity index is 668. The molecule has 0 atom stereocenters. The molecule has 0 radical (unpaired) electrons. The zero-order chi connectivity index (χ0) is 14.1. The second kappa shape index (κ2) is 4.96. The van der Waals surface area contributed by atoms with Crippen molar-refractivity contribution in [2.75, 3.05) is 7.11 Å². The maximum absolute atomic E-state index is 12.5. The fraction of sp³-hybridized carbons (Fsp3) is 0.250. The average molecular weight is 269 g/mol. The molecule has 102 valence electrons. The normalized spacial score (nSPS) is 13.9. The van der Waals surface area contributed by atoms with Crippen molar-refractivity contribution in [1.29, 1.82) is 0 Å². The number of fused-ring (bicyclic) bond motifs is 1. The first-order valence-corrected chi connectivity index (χ1v) is 6.63. The Balaban J connectivity index is 1.96. The number of aromatic nitrogens is 1. The summed E-state index contributed by atoms with van der Waals surface area (Å²) in [5.74, 6) is 0.755. The average Bonchev–Trinajstić information content (AvgIpc) is 2.92. The van der Waals surface area contributed by atoms with E-state index in [9.17, 15) is 9.59 Å². The van der Waals surface area contributed by atoms with Gasteiger partial charge in [-0.1, -0.05) is 0 Å². The molecule has 0 aliphatic heterocycles. The summed E-state index contributed by atoms with van der Waals surface area (Å²) >= 11 is 0. The predicted octanol–water partition coefficient (Wildman–Crippen LogP) is 2.77. The molecule has 1 N–H and O–H groups in total. The third-order valence-corrected chi connectivity index (χ3v) is 3.70. The van der Waals surface area contributed by atoms with Crippen LogP contribution in [0.2, 0.25) is 0 Å². The number of Topliss-reactive ketones (excluding diaryl/α,β-unsaturated/α-hetero) is 1. The van der Waals surface area contributed by atoms with Crippen molar-refractivity contribution < 1.29 is 14.3 Å². The Kier molecular flexibility index (Phi) is 3.14. The van der Waals surface area contributed by atoms with Gasteiger partial charge >= 0.3 is 0 Å². The minimum absolute atomic E-state index is 0.0800. The number of nitrogens with one attached hydrogen (secondary N) is 1. The monoisotopic (exact) mass is 269 g/mol. The number of methoxy groups -OCH3 is 1. The minimum Gasteiger partial charge on any atom is -0.497 e. The fourth-order valence-electron chi connectivity index (χ4n) is 2.61. The molecule has 4 nitrogen and oxygen atoms in total. The van der Waals surface area contributed by atoms with E-state index in [1.54, 1.807) is 37.6 Å². The van der Waals surface area contributed by atoms with E-state index in [0.29, 0.717) is 29.0 Å². The van der Waals surface area contributed by atoms with Crippen LogP contribution in [0.5, 0.6) is 5.75 Å². The van der Waals surface area contributed by atoms with Crippen molar-refractivity contribution in [2.24, 2.45) is 0 Å². The van der Waals surface area contributed by atoms with E-state index >= 15 is 0 Å². The number of carbonyl (C=O) groups excluding carboxylic acids is 2. The molecule has 0 spiro atoms. The molecule has 0 saturated carbocycles. The van der Waals surface area contributed by atoms with Gasteiger partial charge in [0, 0.05) is 23.7 Å². The number of H-pyrrole nitrogens is 1. The first-order chi connectivity index (χ1) is 9.70. The van der Waals surface area contributed by atoms with Gasteiger partial charge in [-0.05, 0) is 42.7 Å². The highest BCUT2D eigenvalue weighted by molar-refractivity contribution is 6.11. The third-order valence-electron chi connectivity index (χ3n) is 3.70. The molecule has 0 amide bonds. The number of carbonyl (C=O) groups is 2. The van der Waals surface area contributed by atoms with E-state index < -0.39 is 0 Å². The molecule has 1 aromatic heterocycles. The second-order valence-electron chi connectivity index (χ2n) is 4.89. The maximum Gasteiger partial charge on any atom is 0.209 e. The van der Waals surface area contributed by atoms with Crippen LogP contribution < -0.4 is 4.74 Å². The highest BCUT2D eigenvalue weighted by Crippen LogP contribution is 2.26. The molecule has 4 heteroatoms. The summed E-state index contributed by atoms with van der Waals surface area (Å²) < 4.78 is 5.08. The molecule has 1 aliphatic carbocycles. The third kappa shape index (κ3) is 2.03. The Morgan fingerprint density at radius 2 is 1.95 bits per heavy atom. The van der Waals surface area contributed by atoms with Gasteiger partial charge in [-0.25, -0.2) is 0 Å².